The smallest absolute Gasteiger partial charge is 0.478 e. The van der Waals surface area contributed by atoms with Crippen molar-refractivity contribution >= 4 is 28.8 Å². The van der Waals surface area contributed by atoms with Crippen molar-refractivity contribution in [3.05, 3.63) is 23.8 Å². The fourth-order valence-corrected chi connectivity index (χ4v) is 2.55. The standard InChI is InChI=1S/C13H16BFO6S/c1-12(2)13(3,4)21-14(20-12)9-5-8(11(16)17)6-10(7-9)22(15,18)19/h5-7H,1-4H3,(H,16,17). The lowest BCUT2D eigenvalue weighted by molar-refractivity contribution is 0.00578. The van der Waals surface area contributed by atoms with Crippen LogP contribution >= 0.6 is 0 Å². The van der Waals surface area contributed by atoms with Crippen molar-refractivity contribution in [3.63, 3.8) is 0 Å². The molecule has 22 heavy (non-hydrogen) atoms. The lowest BCUT2D eigenvalue weighted by Gasteiger charge is -2.32. The SMILES string of the molecule is CC1(C)OB(c2cc(C(=O)O)cc(S(=O)(=O)F)c2)OC1(C)C. The number of rotatable bonds is 3. The highest BCUT2D eigenvalue weighted by molar-refractivity contribution is 7.86. The second-order valence-electron chi connectivity index (χ2n) is 6.12. The summed E-state index contributed by atoms with van der Waals surface area (Å²) in [5, 5.41) is 9.05. The average Bonchev–Trinajstić information content (AvgIpc) is 2.57. The number of carbonyl (C=O) groups is 1. The van der Waals surface area contributed by atoms with E-state index in [4.69, 9.17) is 14.4 Å². The maximum absolute atomic E-state index is 13.2. The summed E-state index contributed by atoms with van der Waals surface area (Å²) in [7, 11) is -6.02. The first-order valence-corrected chi connectivity index (χ1v) is 7.90. The van der Waals surface area contributed by atoms with Crippen LogP contribution in [0.3, 0.4) is 0 Å². The normalized spacial score (nSPS) is 20.1. The van der Waals surface area contributed by atoms with Gasteiger partial charge in [0.15, 0.2) is 0 Å². The number of carboxylic acids is 1. The van der Waals surface area contributed by atoms with E-state index in [-0.39, 0.29) is 11.0 Å². The minimum atomic E-state index is -5.04. The van der Waals surface area contributed by atoms with E-state index in [0.717, 1.165) is 12.1 Å². The molecule has 0 aliphatic carbocycles. The van der Waals surface area contributed by atoms with Gasteiger partial charge in [0.25, 0.3) is 0 Å². The van der Waals surface area contributed by atoms with Crippen molar-refractivity contribution in [1.82, 2.24) is 0 Å². The highest BCUT2D eigenvalue weighted by Gasteiger charge is 2.52. The number of hydrogen-bond donors (Lipinski definition) is 1. The van der Waals surface area contributed by atoms with Crippen molar-refractivity contribution in [2.45, 2.75) is 43.8 Å². The number of carboxylic acid groups (broad SMARTS) is 1. The van der Waals surface area contributed by atoms with Crippen LogP contribution in [-0.2, 0) is 19.5 Å². The maximum Gasteiger partial charge on any atom is 0.494 e. The van der Waals surface area contributed by atoms with E-state index in [0.29, 0.717) is 0 Å². The molecule has 0 atom stereocenters. The zero-order chi connectivity index (χ0) is 16.9. The Balaban J connectivity index is 2.53. The molecule has 120 valence electrons. The van der Waals surface area contributed by atoms with Gasteiger partial charge in [-0.05, 0) is 51.4 Å². The molecule has 1 aliphatic rings. The average molecular weight is 330 g/mol. The predicted octanol–water partition coefficient (Wildman–Crippen LogP) is 1.34. The molecule has 6 nitrogen and oxygen atoms in total. The Kier molecular flexibility index (Phi) is 3.87. The Morgan fingerprint density at radius 1 is 1.14 bits per heavy atom. The molecule has 2 rings (SSSR count). The summed E-state index contributed by atoms with van der Waals surface area (Å²) in [5.41, 5.74) is -1.60. The Bertz CT molecular complexity index is 712. The summed E-state index contributed by atoms with van der Waals surface area (Å²) in [5.74, 6) is -1.37. The van der Waals surface area contributed by atoms with E-state index in [1.165, 1.54) is 6.07 Å². The number of hydrogen-bond acceptors (Lipinski definition) is 5. The molecule has 0 spiro atoms. The molecule has 1 aromatic carbocycles. The Hall–Kier alpha value is -1.45. The quantitative estimate of drug-likeness (QED) is 0.664. The van der Waals surface area contributed by atoms with Gasteiger partial charge < -0.3 is 14.4 Å². The van der Waals surface area contributed by atoms with Crippen LogP contribution in [0.2, 0.25) is 0 Å². The van der Waals surface area contributed by atoms with Crippen molar-refractivity contribution < 1.29 is 31.5 Å². The summed E-state index contributed by atoms with van der Waals surface area (Å²) in [6.45, 7) is 7.17. The molecule has 0 aromatic heterocycles. The zero-order valence-corrected chi connectivity index (χ0v) is 13.4. The second kappa shape index (κ2) is 5.04. The van der Waals surface area contributed by atoms with Gasteiger partial charge >= 0.3 is 23.3 Å². The molecular formula is C13H16BFO6S. The first kappa shape index (κ1) is 16.9. The van der Waals surface area contributed by atoms with Crippen LogP contribution in [0.1, 0.15) is 38.1 Å². The molecule has 1 aliphatic heterocycles. The topological polar surface area (TPSA) is 89.9 Å². The largest absolute Gasteiger partial charge is 0.494 e. The first-order valence-electron chi connectivity index (χ1n) is 6.52. The van der Waals surface area contributed by atoms with Crippen molar-refractivity contribution in [1.29, 1.82) is 0 Å². The van der Waals surface area contributed by atoms with Crippen molar-refractivity contribution in [2.24, 2.45) is 0 Å². The molecule has 0 radical (unpaired) electrons. The van der Waals surface area contributed by atoms with Gasteiger partial charge in [0, 0.05) is 0 Å². The molecule has 1 saturated heterocycles. The molecule has 9 heteroatoms. The first-order chi connectivity index (χ1) is 9.83. The molecule has 0 bridgehead atoms. The van der Waals surface area contributed by atoms with Crippen molar-refractivity contribution in [2.75, 3.05) is 0 Å². The Morgan fingerprint density at radius 2 is 1.64 bits per heavy atom. The Labute approximate surface area is 128 Å². The summed E-state index contributed by atoms with van der Waals surface area (Å²) < 4.78 is 46.9. The molecule has 0 unspecified atom stereocenters. The van der Waals surface area contributed by atoms with E-state index in [1.54, 1.807) is 27.7 Å². The van der Waals surface area contributed by atoms with Gasteiger partial charge in [-0.3, -0.25) is 0 Å². The van der Waals surface area contributed by atoms with Gasteiger partial charge in [0.05, 0.1) is 21.7 Å². The third-order valence-corrected chi connectivity index (χ3v) is 4.78. The minimum absolute atomic E-state index is 0.134. The summed E-state index contributed by atoms with van der Waals surface area (Å²) in [6.07, 6.45) is 0. The lowest BCUT2D eigenvalue weighted by Crippen LogP contribution is -2.41. The lowest BCUT2D eigenvalue weighted by atomic mass is 9.78. The zero-order valence-electron chi connectivity index (χ0n) is 12.6. The van der Waals surface area contributed by atoms with E-state index >= 15 is 0 Å². The van der Waals surface area contributed by atoms with Gasteiger partial charge in [-0.25, -0.2) is 4.79 Å². The molecule has 0 amide bonds. The van der Waals surface area contributed by atoms with E-state index in [9.17, 15) is 17.1 Å². The third kappa shape index (κ3) is 3.01. The van der Waals surface area contributed by atoms with Gasteiger partial charge in [0.2, 0.25) is 0 Å². The third-order valence-electron chi connectivity index (χ3n) is 3.98. The van der Waals surface area contributed by atoms with Crippen LogP contribution in [-0.4, -0.2) is 37.8 Å². The molecular weight excluding hydrogens is 314 g/mol. The van der Waals surface area contributed by atoms with Crippen LogP contribution in [0.25, 0.3) is 0 Å². The maximum atomic E-state index is 13.2. The highest BCUT2D eigenvalue weighted by Crippen LogP contribution is 2.36. The fraction of sp³-hybridized carbons (Fsp3) is 0.462. The van der Waals surface area contributed by atoms with E-state index in [2.05, 4.69) is 0 Å². The highest BCUT2D eigenvalue weighted by atomic mass is 32.3. The van der Waals surface area contributed by atoms with Crippen LogP contribution in [0.15, 0.2) is 23.1 Å². The van der Waals surface area contributed by atoms with Crippen LogP contribution < -0.4 is 5.46 Å². The molecule has 1 aromatic rings. The van der Waals surface area contributed by atoms with Gasteiger partial charge in [-0.2, -0.15) is 8.42 Å². The summed E-state index contributed by atoms with van der Waals surface area (Å²) in [6, 6.07) is 2.98. The molecule has 1 fully saturated rings. The molecule has 1 heterocycles. The van der Waals surface area contributed by atoms with Gasteiger partial charge in [-0.1, -0.05) is 0 Å². The van der Waals surface area contributed by atoms with Gasteiger partial charge in [0.1, 0.15) is 0 Å². The van der Waals surface area contributed by atoms with Crippen LogP contribution in [0, 0.1) is 0 Å². The van der Waals surface area contributed by atoms with Crippen LogP contribution in [0.5, 0.6) is 0 Å². The predicted molar refractivity (Wildman–Crippen MR) is 77.4 cm³/mol. The molecule has 1 N–H and O–H groups in total. The Morgan fingerprint density at radius 3 is 2.05 bits per heavy atom. The number of aromatic carboxylic acids is 1. The van der Waals surface area contributed by atoms with E-state index in [1.807, 2.05) is 0 Å². The fourth-order valence-electron chi connectivity index (χ4n) is 2.00. The van der Waals surface area contributed by atoms with Crippen LogP contribution in [0.4, 0.5) is 3.89 Å². The summed E-state index contributed by atoms with van der Waals surface area (Å²) >= 11 is 0. The monoisotopic (exact) mass is 330 g/mol. The number of benzene rings is 1. The molecule has 0 saturated carbocycles. The summed E-state index contributed by atoms with van der Waals surface area (Å²) in [4.78, 5) is 10.4. The van der Waals surface area contributed by atoms with E-state index < -0.39 is 39.4 Å². The van der Waals surface area contributed by atoms with Crippen molar-refractivity contribution in [3.8, 4) is 0 Å². The number of halogens is 1. The second-order valence-corrected chi connectivity index (χ2v) is 7.47. The minimum Gasteiger partial charge on any atom is -0.478 e. The van der Waals surface area contributed by atoms with Gasteiger partial charge in [-0.15, -0.1) is 3.89 Å².